The molecule has 6 heteroatoms. The van der Waals surface area contributed by atoms with Gasteiger partial charge >= 0.3 is 0 Å². The summed E-state index contributed by atoms with van der Waals surface area (Å²) in [6.07, 6.45) is 5.84. The van der Waals surface area contributed by atoms with Crippen molar-refractivity contribution in [1.29, 1.82) is 0 Å². The van der Waals surface area contributed by atoms with E-state index in [2.05, 4.69) is 44.7 Å². The summed E-state index contributed by atoms with van der Waals surface area (Å²) in [4.78, 5) is 14.8. The van der Waals surface area contributed by atoms with Gasteiger partial charge in [-0.1, -0.05) is 36.4 Å². The Kier molecular flexibility index (Phi) is 5.32. The van der Waals surface area contributed by atoms with Gasteiger partial charge < -0.3 is 10.2 Å². The third-order valence-electron chi connectivity index (χ3n) is 5.16. The van der Waals surface area contributed by atoms with Gasteiger partial charge in [-0.2, -0.15) is 0 Å². The van der Waals surface area contributed by atoms with E-state index in [9.17, 15) is 4.79 Å². The van der Waals surface area contributed by atoms with E-state index >= 15 is 0 Å². The van der Waals surface area contributed by atoms with E-state index in [-0.39, 0.29) is 11.8 Å². The Morgan fingerprint density at radius 2 is 1.96 bits per heavy atom. The van der Waals surface area contributed by atoms with Crippen molar-refractivity contribution in [3.8, 4) is 0 Å². The summed E-state index contributed by atoms with van der Waals surface area (Å²) in [5, 5.41) is 11.7. The second kappa shape index (κ2) is 8.20. The summed E-state index contributed by atoms with van der Waals surface area (Å²) in [7, 11) is 0. The second-order valence-corrected chi connectivity index (χ2v) is 7.09. The first kappa shape index (κ1) is 17.5. The molecule has 1 amide bonds. The van der Waals surface area contributed by atoms with Crippen LogP contribution in [0, 0.1) is 5.92 Å². The van der Waals surface area contributed by atoms with Crippen LogP contribution in [0.2, 0.25) is 0 Å². The highest BCUT2D eigenvalue weighted by molar-refractivity contribution is 5.79. The monoisotopic (exact) mass is 363 g/mol. The third-order valence-corrected chi connectivity index (χ3v) is 5.16. The van der Waals surface area contributed by atoms with Gasteiger partial charge in [0.25, 0.3) is 0 Å². The van der Waals surface area contributed by atoms with Crippen molar-refractivity contribution in [3.05, 3.63) is 60.3 Å². The number of rotatable bonds is 6. The SMILES string of the molecule is O=C(NCCCc1ccccc1)[C@H]1CCCN(c2nnc3ccccn23)C1. The molecule has 0 bridgehead atoms. The highest BCUT2D eigenvalue weighted by atomic mass is 16.1. The first-order valence-electron chi connectivity index (χ1n) is 9.67. The fourth-order valence-corrected chi connectivity index (χ4v) is 3.71. The number of anilines is 1. The van der Waals surface area contributed by atoms with Crippen LogP contribution in [0.5, 0.6) is 0 Å². The van der Waals surface area contributed by atoms with Gasteiger partial charge in [0.05, 0.1) is 5.92 Å². The Morgan fingerprint density at radius 3 is 2.85 bits per heavy atom. The molecule has 1 saturated heterocycles. The van der Waals surface area contributed by atoms with Crippen LogP contribution in [-0.2, 0) is 11.2 Å². The van der Waals surface area contributed by atoms with Gasteiger partial charge in [-0.25, -0.2) is 0 Å². The largest absolute Gasteiger partial charge is 0.356 e. The first-order valence-corrected chi connectivity index (χ1v) is 9.67. The number of aromatic nitrogens is 3. The predicted octanol–water partition coefficient (Wildman–Crippen LogP) is 2.69. The van der Waals surface area contributed by atoms with Crippen LogP contribution in [0.25, 0.3) is 5.65 Å². The molecule has 0 unspecified atom stereocenters. The summed E-state index contributed by atoms with van der Waals surface area (Å²) in [6.45, 7) is 2.33. The van der Waals surface area contributed by atoms with Crippen LogP contribution in [0.15, 0.2) is 54.7 Å². The Labute approximate surface area is 159 Å². The van der Waals surface area contributed by atoms with E-state index in [0.717, 1.165) is 50.4 Å². The van der Waals surface area contributed by atoms with Gasteiger partial charge in [0, 0.05) is 25.8 Å². The van der Waals surface area contributed by atoms with Crippen LogP contribution in [0.4, 0.5) is 5.95 Å². The number of pyridine rings is 1. The van der Waals surface area contributed by atoms with Crippen molar-refractivity contribution in [3.63, 3.8) is 0 Å². The first-order chi connectivity index (χ1) is 13.3. The molecule has 0 aliphatic carbocycles. The van der Waals surface area contributed by atoms with Gasteiger partial charge in [-0.05, 0) is 43.4 Å². The van der Waals surface area contributed by atoms with Gasteiger partial charge in [-0.15, -0.1) is 10.2 Å². The van der Waals surface area contributed by atoms with Gasteiger partial charge in [0.15, 0.2) is 5.65 Å². The number of carbonyl (C=O) groups is 1. The molecule has 1 atom stereocenters. The van der Waals surface area contributed by atoms with Gasteiger partial charge in [0.2, 0.25) is 11.9 Å². The maximum absolute atomic E-state index is 12.6. The number of carbonyl (C=O) groups excluding carboxylic acids is 1. The maximum atomic E-state index is 12.6. The lowest BCUT2D eigenvalue weighted by Gasteiger charge is -2.32. The molecular weight excluding hydrogens is 338 g/mol. The van der Waals surface area contributed by atoms with Gasteiger partial charge in [-0.3, -0.25) is 9.20 Å². The van der Waals surface area contributed by atoms with Crippen molar-refractivity contribution in [2.45, 2.75) is 25.7 Å². The average Bonchev–Trinajstić information content (AvgIpc) is 3.16. The Bertz CT molecular complexity index is 892. The average molecular weight is 363 g/mol. The molecule has 3 heterocycles. The molecule has 0 spiro atoms. The molecule has 0 saturated carbocycles. The molecule has 140 valence electrons. The molecular formula is C21H25N5O. The number of amides is 1. The minimum absolute atomic E-state index is 0.00605. The zero-order valence-corrected chi connectivity index (χ0v) is 15.4. The fourth-order valence-electron chi connectivity index (χ4n) is 3.71. The van der Waals surface area contributed by atoms with E-state index in [1.54, 1.807) is 0 Å². The van der Waals surface area contributed by atoms with E-state index in [0.29, 0.717) is 6.54 Å². The number of nitrogens with zero attached hydrogens (tertiary/aromatic N) is 4. The van der Waals surface area contributed by atoms with E-state index in [1.807, 2.05) is 34.9 Å². The van der Waals surface area contributed by atoms with Crippen molar-refractivity contribution in [1.82, 2.24) is 19.9 Å². The molecule has 2 aromatic heterocycles. The normalized spacial score (nSPS) is 17.2. The van der Waals surface area contributed by atoms with Crippen molar-refractivity contribution in [2.24, 2.45) is 5.92 Å². The Balaban J connectivity index is 1.30. The standard InChI is InChI=1S/C21H25N5O/c27-20(22-13-6-10-17-8-2-1-3-9-17)18-11-7-14-25(16-18)21-24-23-19-12-4-5-15-26(19)21/h1-5,8-9,12,15,18H,6-7,10-11,13-14,16H2,(H,22,27)/t18-/m0/s1. The maximum Gasteiger partial charge on any atom is 0.231 e. The summed E-state index contributed by atoms with van der Waals surface area (Å²) < 4.78 is 1.99. The summed E-state index contributed by atoms with van der Waals surface area (Å²) >= 11 is 0. The van der Waals surface area contributed by atoms with Crippen LogP contribution in [-0.4, -0.2) is 40.1 Å². The molecule has 1 aromatic carbocycles. The summed E-state index contributed by atoms with van der Waals surface area (Å²) in [6, 6.07) is 16.3. The Hall–Kier alpha value is -2.89. The lowest BCUT2D eigenvalue weighted by molar-refractivity contribution is -0.125. The molecule has 1 aliphatic heterocycles. The van der Waals surface area contributed by atoms with E-state index in [1.165, 1.54) is 5.56 Å². The van der Waals surface area contributed by atoms with E-state index < -0.39 is 0 Å². The highest BCUT2D eigenvalue weighted by Crippen LogP contribution is 2.22. The minimum atomic E-state index is 0.00605. The fraction of sp³-hybridized carbons (Fsp3) is 0.381. The molecule has 1 N–H and O–H groups in total. The quantitative estimate of drug-likeness (QED) is 0.684. The highest BCUT2D eigenvalue weighted by Gasteiger charge is 2.27. The minimum Gasteiger partial charge on any atom is -0.356 e. The lowest BCUT2D eigenvalue weighted by Crippen LogP contribution is -2.44. The molecule has 1 fully saturated rings. The van der Waals surface area contributed by atoms with E-state index in [4.69, 9.17) is 0 Å². The number of benzene rings is 1. The smallest absolute Gasteiger partial charge is 0.231 e. The van der Waals surface area contributed by atoms with Crippen molar-refractivity contribution >= 4 is 17.5 Å². The van der Waals surface area contributed by atoms with Crippen molar-refractivity contribution in [2.75, 3.05) is 24.5 Å². The second-order valence-electron chi connectivity index (χ2n) is 7.09. The molecule has 6 nitrogen and oxygen atoms in total. The number of hydrogen-bond donors (Lipinski definition) is 1. The zero-order valence-electron chi connectivity index (χ0n) is 15.4. The molecule has 1 aliphatic rings. The number of nitrogens with one attached hydrogen (secondary N) is 1. The molecule has 3 aromatic rings. The topological polar surface area (TPSA) is 62.5 Å². The number of hydrogen-bond acceptors (Lipinski definition) is 4. The van der Waals surface area contributed by atoms with Gasteiger partial charge in [0.1, 0.15) is 0 Å². The number of aryl methyl sites for hydroxylation is 1. The number of piperidine rings is 1. The summed E-state index contributed by atoms with van der Waals surface area (Å²) in [5.74, 6) is 0.986. The molecule has 4 rings (SSSR count). The van der Waals surface area contributed by atoms with Crippen LogP contribution in [0.3, 0.4) is 0 Å². The van der Waals surface area contributed by atoms with Crippen molar-refractivity contribution < 1.29 is 4.79 Å². The number of fused-ring (bicyclic) bond motifs is 1. The lowest BCUT2D eigenvalue weighted by atomic mass is 9.97. The van der Waals surface area contributed by atoms with Crippen LogP contribution < -0.4 is 10.2 Å². The molecule has 27 heavy (non-hydrogen) atoms. The predicted molar refractivity (Wildman–Crippen MR) is 106 cm³/mol. The van der Waals surface area contributed by atoms with Crippen LogP contribution in [0.1, 0.15) is 24.8 Å². The zero-order chi connectivity index (χ0) is 18.5. The molecule has 0 radical (unpaired) electrons. The summed E-state index contributed by atoms with van der Waals surface area (Å²) in [5.41, 5.74) is 2.15. The Morgan fingerprint density at radius 1 is 1.11 bits per heavy atom. The third kappa shape index (κ3) is 4.10. The van der Waals surface area contributed by atoms with Crippen LogP contribution >= 0.6 is 0 Å².